The maximum absolute atomic E-state index is 12.7. The summed E-state index contributed by atoms with van der Waals surface area (Å²) in [5.74, 6) is 0.162. The maximum atomic E-state index is 12.7. The van der Waals surface area contributed by atoms with Crippen molar-refractivity contribution >= 4 is 17.5 Å². The molecule has 0 atom stereocenters. The Balaban J connectivity index is 1.75. The molecule has 2 aliphatic rings. The van der Waals surface area contributed by atoms with Crippen LogP contribution in [0.5, 0.6) is 0 Å². The fourth-order valence-electron chi connectivity index (χ4n) is 3.51. The van der Waals surface area contributed by atoms with Gasteiger partial charge in [-0.2, -0.15) is 0 Å². The third-order valence-corrected chi connectivity index (χ3v) is 5.04. The van der Waals surface area contributed by atoms with Crippen molar-refractivity contribution in [2.45, 2.75) is 26.2 Å². The molecule has 2 heterocycles. The van der Waals surface area contributed by atoms with Gasteiger partial charge in [0.05, 0.1) is 0 Å². The Bertz CT molecular complexity index is 523. The van der Waals surface area contributed by atoms with E-state index in [1.165, 1.54) is 12.8 Å². The standard InChI is InChI=1S/C16H21ClN2O/c1-12-10-13(17)2-3-14(12)15(20)19-9-6-16(11-19)4-7-18-8-5-16/h2-3,10,18H,4-9,11H2,1H3. The summed E-state index contributed by atoms with van der Waals surface area (Å²) in [6.45, 7) is 5.93. The first-order valence-electron chi connectivity index (χ1n) is 7.36. The van der Waals surface area contributed by atoms with E-state index < -0.39 is 0 Å². The molecule has 0 aromatic heterocycles. The van der Waals surface area contributed by atoms with Gasteiger partial charge in [0.25, 0.3) is 5.91 Å². The molecule has 0 aliphatic carbocycles. The maximum Gasteiger partial charge on any atom is 0.254 e. The zero-order valence-corrected chi connectivity index (χ0v) is 12.7. The third kappa shape index (κ3) is 2.57. The summed E-state index contributed by atoms with van der Waals surface area (Å²) in [6, 6.07) is 5.52. The number of nitrogens with one attached hydrogen (secondary N) is 1. The number of hydrogen-bond acceptors (Lipinski definition) is 2. The average molecular weight is 293 g/mol. The minimum Gasteiger partial charge on any atom is -0.338 e. The highest BCUT2D eigenvalue weighted by molar-refractivity contribution is 6.30. The Hall–Kier alpha value is -1.06. The Labute approximate surface area is 125 Å². The summed E-state index contributed by atoms with van der Waals surface area (Å²) in [4.78, 5) is 14.7. The highest BCUT2D eigenvalue weighted by atomic mass is 35.5. The van der Waals surface area contributed by atoms with Crippen molar-refractivity contribution in [1.82, 2.24) is 10.2 Å². The molecule has 4 heteroatoms. The van der Waals surface area contributed by atoms with Gasteiger partial charge in [-0.15, -0.1) is 0 Å². The normalized spacial score (nSPS) is 21.4. The van der Waals surface area contributed by atoms with Gasteiger partial charge in [0.1, 0.15) is 0 Å². The van der Waals surface area contributed by atoms with Crippen LogP contribution in [0.1, 0.15) is 35.2 Å². The minimum absolute atomic E-state index is 0.162. The van der Waals surface area contributed by atoms with Crippen molar-refractivity contribution in [3.05, 3.63) is 34.3 Å². The third-order valence-electron chi connectivity index (χ3n) is 4.81. The molecule has 0 radical (unpaired) electrons. The van der Waals surface area contributed by atoms with Crippen molar-refractivity contribution < 1.29 is 4.79 Å². The largest absolute Gasteiger partial charge is 0.338 e. The lowest BCUT2D eigenvalue weighted by molar-refractivity contribution is 0.0761. The van der Waals surface area contributed by atoms with Crippen LogP contribution in [0, 0.1) is 12.3 Å². The average Bonchev–Trinajstić information content (AvgIpc) is 2.83. The van der Waals surface area contributed by atoms with E-state index in [1.54, 1.807) is 6.07 Å². The summed E-state index contributed by atoms with van der Waals surface area (Å²) < 4.78 is 0. The lowest BCUT2D eigenvalue weighted by atomic mass is 9.78. The topological polar surface area (TPSA) is 32.3 Å². The number of likely N-dealkylation sites (tertiary alicyclic amines) is 1. The number of aryl methyl sites for hydroxylation is 1. The van der Waals surface area contributed by atoms with Crippen LogP contribution in [0.15, 0.2) is 18.2 Å². The molecule has 0 unspecified atom stereocenters. The molecule has 1 aromatic rings. The smallest absolute Gasteiger partial charge is 0.254 e. The Kier molecular flexibility index (Phi) is 3.74. The number of halogens is 1. The van der Waals surface area contributed by atoms with Crippen LogP contribution in [0.25, 0.3) is 0 Å². The van der Waals surface area contributed by atoms with E-state index in [4.69, 9.17) is 11.6 Å². The van der Waals surface area contributed by atoms with E-state index >= 15 is 0 Å². The highest BCUT2D eigenvalue weighted by Gasteiger charge is 2.40. The summed E-state index contributed by atoms with van der Waals surface area (Å²) in [5, 5.41) is 4.10. The number of benzene rings is 1. The van der Waals surface area contributed by atoms with Crippen LogP contribution in [0.4, 0.5) is 0 Å². The van der Waals surface area contributed by atoms with E-state index in [2.05, 4.69) is 5.32 Å². The van der Waals surface area contributed by atoms with E-state index in [0.717, 1.165) is 43.7 Å². The van der Waals surface area contributed by atoms with Gasteiger partial charge in [0.15, 0.2) is 0 Å². The highest BCUT2D eigenvalue weighted by Crippen LogP contribution is 2.39. The number of amides is 1. The number of piperidine rings is 1. The van der Waals surface area contributed by atoms with Gasteiger partial charge in [0, 0.05) is 23.7 Å². The number of nitrogens with zero attached hydrogens (tertiary/aromatic N) is 1. The molecule has 0 saturated carbocycles. The van der Waals surface area contributed by atoms with E-state index in [-0.39, 0.29) is 5.91 Å². The van der Waals surface area contributed by atoms with Crippen molar-refractivity contribution in [3.8, 4) is 0 Å². The van der Waals surface area contributed by atoms with Gasteiger partial charge in [0.2, 0.25) is 0 Å². The lowest BCUT2D eigenvalue weighted by Gasteiger charge is -2.33. The summed E-state index contributed by atoms with van der Waals surface area (Å²) in [7, 11) is 0. The predicted molar refractivity (Wildman–Crippen MR) is 81.2 cm³/mol. The van der Waals surface area contributed by atoms with Crippen LogP contribution in [-0.4, -0.2) is 37.0 Å². The van der Waals surface area contributed by atoms with Gasteiger partial charge < -0.3 is 10.2 Å². The van der Waals surface area contributed by atoms with Gasteiger partial charge in [-0.25, -0.2) is 0 Å². The second-order valence-corrected chi connectivity index (χ2v) is 6.62. The fourth-order valence-corrected chi connectivity index (χ4v) is 3.74. The molecule has 1 aromatic carbocycles. The van der Waals surface area contributed by atoms with Crippen molar-refractivity contribution in [2.75, 3.05) is 26.2 Å². The van der Waals surface area contributed by atoms with Crippen molar-refractivity contribution in [1.29, 1.82) is 0 Å². The van der Waals surface area contributed by atoms with Crippen LogP contribution in [0.2, 0.25) is 5.02 Å². The Morgan fingerprint density at radius 3 is 2.75 bits per heavy atom. The second kappa shape index (κ2) is 5.38. The second-order valence-electron chi connectivity index (χ2n) is 6.19. The molecule has 20 heavy (non-hydrogen) atoms. The molecule has 2 fully saturated rings. The first-order valence-corrected chi connectivity index (χ1v) is 7.74. The molecular formula is C16H21ClN2O. The molecular weight excluding hydrogens is 272 g/mol. The zero-order chi connectivity index (χ0) is 14.2. The van der Waals surface area contributed by atoms with Crippen LogP contribution >= 0.6 is 11.6 Å². The van der Waals surface area contributed by atoms with Crippen molar-refractivity contribution in [2.24, 2.45) is 5.41 Å². The Morgan fingerprint density at radius 1 is 1.30 bits per heavy atom. The quantitative estimate of drug-likeness (QED) is 0.863. The van der Waals surface area contributed by atoms with Crippen LogP contribution in [-0.2, 0) is 0 Å². The van der Waals surface area contributed by atoms with Gasteiger partial charge in [-0.05, 0) is 68.5 Å². The van der Waals surface area contributed by atoms with E-state index in [9.17, 15) is 4.79 Å². The molecule has 2 saturated heterocycles. The SMILES string of the molecule is Cc1cc(Cl)ccc1C(=O)N1CCC2(CCNCC2)C1. The molecule has 3 rings (SSSR count). The molecule has 1 spiro atoms. The van der Waals surface area contributed by atoms with Crippen molar-refractivity contribution in [3.63, 3.8) is 0 Å². The minimum atomic E-state index is 0.162. The number of rotatable bonds is 1. The number of carbonyl (C=O) groups is 1. The zero-order valence-electron chi connectivity index (χ0n) is 11.9. The first kappa shape index (κ1) is 13.9. The first-order chi connectivity index (χ1) is 9.60. The summed E-state index contributed by atoms with van der Waals surface area (Å²) >= 11 is 5.97. The monoisotopic (exact) mass is 292 g/mol. The molecule has 3 nitrogen and oxygen atoms in total. The fraction of sp³-hybridized carbons (Fsp3) is 0.562. The lowest BCUT2D eigenvalue weighted by Crippen LogP contribution is -2.39. The Morgan fingerprint density at radius 2 is 2.05 bits per heavy atom. The molecule has 1 N–H and O–H groups in total. The molecule has 2 aliphatic heterocycles. The van der Waals surface area contributed by atoms with E-state index in [0.29, 0.717) is 10.4 Å². The van der Waals surface area contributed by atoms with Crippen LogP contribution < -0.4 is 5.32 Å². The van der Waals surface area contributed by atoms with E-state index in [1.807, 2.05) is 24.0 Å². The summed E-state index contributed by atoms with van der Waals surface area (Å²) in [6.07, 6.45) is 3.53. The summed E-state index contributed by atoms with van der Waals surface area (Å²) in [5.41, 5.74) is 2.12. The van der Waals surface area contributed by atoms with Gasteiger partial charge >= 0.3 is 0 Å². The molecule has 1 amide bonds. The molecule has 108 valence electrons. The van der Waals surface area contributed by atoms with Gasteiger partial charge in [-0.3, -0.25) is 4.79 Å². The van der Waals surface area contributed by atoms with Crippen LogP contribution in [0.3, 0.4) is 0 Å². The number of carbonyl (C=O) groups excluding carboxylic acids is 1. The molecule has 0 bridgehead atoms. The predicted octanol–water partition coefficient (Wildman–Crippen LogP) is 2.86. The van der Waals surface area contributed by atoms with Gasteiger partial charge in [-0.1, -0.05) is 11.6 Å². The number of hydrogen-bond donors (Lipinski definition) is 1.